The number of carbonyl (C=O) groups is 2. The van der Waals surface area contributed by atoms with Crippen LogP contribution in [0, 0.1) is 0 Å². The molecule has 2 rings (SSSR count). The minimum Gasteiger partial charge on any atom is -0.508 e. The number of nitrogens with one attached hydrogen (secondary N) is 2. The van der Waals surface area contributed by atoms with E-state index < -0.39 is 0 Å². The molecule has 0 fully saturated rings. The summed E-state index contributed by atoms with van der Waals surface area (Å²) < 4.78 is 5.32. The van der Waals surface area contributed by atoms with E-state index in [1.54, 1.807) is 0 Å². The maximum Gasteiger partial charge on any atom is 0.251 e. The molecule has 2 amide bonds. The van der Waals surface area contributed by atoms with Crippen LogP contribution in [-0.4, -0.2) is 36.6 Å². The molecule has 2 aromatic rings. The van der Waals surface area contributed by atoms with Gasteiger partial charge in [-0.3, -0.25) is 9.59 Å². The third-order valence-electron chi connectivity index (χ3n) is 3.21. The first-order valence-corrected chi connectivity index (χ1v) is 7.61. The van der Waals surface area contributed by atoms with E-state index in [9.17, 15) is 9.59 Å². The van der Waals surface area contributed by atoms with Crippen LogP contribution < -0.4 is 10.6 Å². The summed E-state index contributed by atoms with van der Waals surface area (Å²) in [5.41, 5.74) is 1.46. The van der Waals surface area contributed by atoms with Crippen LogP contribution in [0.3, 0.4) is 0 Å². The van der Waals surface area contributed by atoms with Gasteiger partial charge in [0.1, 0.15) is 12.4 Å². The van der Waals surface area contributed by atoms with Crippen molar-refractivity contribution in [2.45, 2.75) is 6.61 Å². The molecule has 6 nitrogen and oxygen atoms in total. The third-order valence-corrected chi connectivity index (χ3v) is 3.21. The summed E-state index contributed by atoms with van der Waals surface area (Å²) in [6, 6.07) is 15.5. The van der Waals surface area contributed by atoms with Crippen molar-refractivity contribution < 1.29 is 19.4 Å². The van der Waals surface area contributed by atoms with Crippen molar-refractivity contribution in [2.24, 2.45) is 0 Å². The highest BCUT2D eigenvalue weighted by Crippen LogP contribution is 2.09. The zero-order valence-corrected chi connectivity index (χ0v) is 13.2. The number of amides is 2. The zero-order chi connectivity index (χ0) is 17.2. The van der Waals surface area contributed by atoms with Gasteiger partial charge in [-0.2, -0.15) is 0 Å². The largest absolute Gasteiger partial charge is 0.508 e. The van der Waals surface area contributed by atoms with Crippen molar-refractivity contribution in [1.82, 2.24) is 10.6 Å². The molecule has 0 unspecified atom stereocenters. The Bertz CT molecular complexity index is 656. The van der Waals surface area contributed by atoms with E-state index in [0.29, 0.717) is 25.3 Å². The Balaban J connectivity index is 1.57. The average Bonchev–Trinajstić information content (AvgIpc) is 2.60. The molecule has 2 aromatic carbocycles. The predicted molar refractivity (Wildman–Crippen MR) is 89.5 cm³/mol. The number of carbonyl (C=O) groups excluding carboxylic acids is 2. The molecule has 126 valence electrons. The Hall–Kier alpha value is -2.86. The molecule has 0 aliphatic carbocycles. The Kier molecular flexibility index (Phi) is 6.79. The normalized spacial score (nSPS) is 10.2. The maximum absolute atomic E-state index is 11.8. The molecule has 0 aromatic heterocycles. The molecular weight excluding hydrogens is 308 g/mol. The van der Waals surface area contributed by atoms with E-state index in [-0.39, 0.29) is 24.2 Å². The minimum absolute atomic E-state index is 0.0270. The number of hydrogen-bond donors (Lipinski definition) is 3. The van der Waals surface area contributed by atoms with Crippen molar-refractivity contribution in [3.05, 3.63) is 65.7 Å². The summed E-state index contributed by atoms with van der Waals surface area (Å²) in [5, 5.41) is 14.5. The van der Waals surface area contributed by atoms with Crippen LogP contribution in [0.15, 0.2) is 54.6 Å². The van der Waals surface area contributed by atoms with Crippen LogP contribution >= 0.6 is 0 Å². The van der Waals surface area contributed by atoms with Crippen LogP contribution in [-0.2, 0) is 16.1 Å². The smallest absolute Gasteiger partial charge is 0.251 e. The fourth-order valence-electron chi connectivity index (χ4n) is 1.98. The van der Waals surface area contributed by atoms with Gasteiger partial charge in [-0.15, -0.1) is 0 Å². The van der Waals surface area contributed by atoms with Crippen LogP contribution in [0.25, 0.3) is 0 Å². The van der Waals surface area contributed by atoms with Crippen LogP contribution in [0.5, 0.6) is 5.75 Å². The first kappa shape index (κ1) is 17.5. The maximum atomic E-state index is 11.8. The Morgan fingerprint density at radius 1 is 0.917 bits per heavy atom. The molecular formula is C18H20N2O4. The van der Waals surface area contributed by atoms with E-state index in [0.717, 1.165) is 5.56 Å². The van der Waals surface area contributed by atoms with E-state index in [4.69, 9.17) is 9.84 Å². The van der Waals surface area contributed by atoms with Crippen LogP contribution in [0.4, 0.5) is 0 Å². The highest BCUT2D eigenvalue weighted by Gasteiger charge is 2.05. The van der Waals surface area contributed by atoms with E-state index >= 15 is 0 Å². The van der Waals surface area contributed by atoms with E-state index in [2.05, 4.69) is 10.6 Å². The van der Waals surface area contributed by atoms with Gasteiger partial charge in [-0.05, 0) is 29.8 Å². The molecule has 0 spiro atoms. The molecule has 0 aliphatic rings. The van der Waals surface area contributed by atoms with Gasteiger partial charge in [0, 0.05) is 18.7 Å². The van der Waals surface area contributed by atoms with E-state index in [1.165, 1.54) is 24.3 Å². The summed E-state index contributed by atoms with van der Waals surface area (Å²) in [6.45, 7) is 0.980. The lowest BCUT2D eigenvalue weighted by Crippen LogP contribution is -2.36. The second-order valence-corrected chi connectivity index (χ2v) is 5.13. The van der Waals surface area contributed by atoms with Gasteiger partial charge in [0.15, 0.2) is 0 Å². The molecule has 0 radical (unpaired) electrons. The van der Waals surface area contributed by atoms with Gasteiger partial charge < -0.3 is 20.5 Å². The number of benzene rings is 2. The van der Waals surface area contributed by atoms with Crippen molar-refractivity contribution in [3.63, 3.8) is 0 Å². The minimum atomic E-state index is -0.260. The highest BCUT2D eigenvalue weighted by atomic mass is 16.5. The zero-order valence-electron chi connectivity index (χ0n) is 13.2. The molecule has 0 heterocycles. The van der Waals surface area contributed by atoms with Crippen molar-refractivity contribution in [2.75, 3.05) is 19.7 Å². The second kappa shape index (κ2) is 9.32. The second-order valence-electron chi connectivity index (χ2n) is 5.13. The highest BCUT2D eigenvalue weighted by molar-refractivity contribution is 5.94. The number of phenols is 1. The van der Waals surface area contributed by atoms with Crippen molar-refractivity contribution >= 4 is 11.8 Å². The average molecular weight is 328 g/mol. The SMILES string of the molecule is O=C(COCc1ccccc1)NCCNC(=O)c1ccc(O)cc1. The Morgan fingerprint density at radius 2 is 1.58 bits per heavy atom. The van der Waals surface area contributed by atoms with Gasteiger partial charge >= 0.3 is 0 Å². The number of rotatable bonds is 8. The summed E-state index contributed by atoms with van der Waals surface area (Å²) in [4.78, 5) is 23.4. The van der Waals surface area contributed by atoms with Crippen molar-refractivity contribution in [1.29, 1.82) is 0 Å². The van der Waals surface area contributed by atoms with Gasteiger partial charge in [0.05, 0.1) is 6.61 Å². The molecule has 0 saturated carbocycles. The quantitative estimate of drug-likeness (QED) is 0.640. The summed E-state index contributed by atoms with van der Waals surface area (Å²) in [7, 11) is 0. The molecule has 6 heteroatoms. The van der Waals surface area contributed by atoms with Gasteiger partial charge in [0.25, 0.3) is 5.91 Å². The molecule has 0 atom stereocenters. The fraction of sp³-hybridized carbons (Fsp3) is 0.222. The molecule has 0 bridgehead atoms. The molecule has 0 saturated heterocycles. The number of aromatic hydroxyl groups is 1. The lowest BCUT2D eigenvalue weighted by atomic mass is 10.2. The fourth-order valence-corrected chi connectivity index (χ4v) is 1.98. The monoisotopic (exact) mass is 328 g/mol. The lowest BCUT2D eigenvalue weighted by Gasteiger charge is -2.08. The van der Waals surface area contributed by atoms with Crippen LogP contribution in [0.1, 0.15) is 15.9 Å². The third kappa shape index (κ3) is 6.10. The number of hydrogen-bond acceptors (Lipinski definition) is 4. The van der Waals surface area contributed by atoms with Gasteiger partial charge in [-0.1, -0.05) is 30.3 Å². The predicted octanol–water partition coefficient (Wildman–Crippen LogP) is 1.45. The number of ether oxygens (including phenoxy) is 1. The summed E-state index contributed by atoms with van der Waals surface area (Å²) >= 11 is 0. The Labute approximate surface area is 140 Å². The van der Waals surface area contributed by atoms with E-state index in [1.807, 2.05) is 30.3 Å². The number of phenolic OH excluding ortho intramolecular Hbond substituents is 1. The lowest BCUT2D eigenvalue weighted by molar-refractivity contribution is -0.126. The summed E-state index contributed by atoms with van der Waals surface area (Å²) in [5.74, 6) is -0.385. The van der Waals surface area contributed by atoms with Gasteiger partial charge in [-0.25, -0.2) is 0 Å². The Morgan fingerprint density at radius 3 is 2.29 bits per heavy atom. The standard InChI is InChI=1S/C18H20N2O4/c21-16-8-6-15(7-9-16)18(23)20-11-10-19-17(22)13-24-12-14-4-2-1-3-5-14/h1-9,21H,10-13H2,(H,19,22)(H,20,23). The van der Waals surface area contributed by atoms with Crippen molar-refractivity contribution in [3.8, 4) is 5.75 Å². The molecule has 0 aliphatic heterocycles. The first-order valence-electron chi connectivity index (χ1n) is 7.61. The first-order chi connectivity index (χ1) is 11.6. The molecule has 3 N–H and O–H groups in total. The summed E-state index contributed by atoms with van der Waals surface area (Å²) in [6.07, 6.45) is 0. The van der Waals surface area contributed by atoms with Crippen LogP contribution in [0.2, 0.25) is 0 Å². The van der Waals surface area contributed by atoms with Gasteiger partial charge in [0.2, 0.25) is 5.91 Å². The topological polar surface area (TPSA) is 87.7 Å². The molecule has 24 heavy (non-hydrogen) atoms.